The number of hydrogen-bond donors (Lipinski definition) is 5. The van der Waals surface area contributed by atoms with Crippen LogP contribution < -0.4 is 16.7 Å². The Balaban J connectivity index is 2.36. The average Bonchev–Trinajstić information content (AvgIpc) is 2.78. The number of aromatic nitrogens is 3. The van der Waals surface area contributed by atoms with E-state index in [2.05, 4.69) is 9.97 Å². The van der Waals surface area contributed by atoms with Gasteiger partial charge in [0.1, 0.15) is 28.8 Å². The molecule has 0 aromatic carbocycles. The molecule has 0 aliphatic carbocycles. The number of aliphatic hydroxyl groups is 3. The van der Waals surface area contributed by atoms with Crippen LogP contribution in [0.2, 0.25) is 0 Å². The molecule has 1 aliphatic rings. The lowest BCUT2D eigenvalue weighted by atomic mass is 9.96. The van der Waals surface area contributed by atoms with E-state index in [0.29, 0.717) is 0 Å². The number of H-pyrrole nitrogens is 1. The highest BCUT2D eigenvalue weighted by atomic mass is 16.6. The molecule has 3 rings (SSSR count). The summed E-state index contributed by atoms with van der Waals surface area (Å²) in [5, 5.41) is 29.5. The third-order valence-corrected chi connectivity index (χ3v) is 4.27. The number of carbonyl (C=O) groups excluding carboxylic acids is 1. The van der Waals surface area contributed by atoms with E-state index < -0.39 is 58.5 Å². The fourth-order valence-electron chi connectivity index (χ4n) is 2.93. The average molecular weight is 352 g/mol. The Hall–Kier alpha value is -2.60. The minimum Gasteiger partial charge on any atom is -0.394 e. The molecule has 6 N–H and O–H groups in total. The van der Waals surface area contributed by atoms with Crippen molar-refractivity contribution in [1.29, 1.82) is 0 Å². The first-order valence-corrected chi connectivity index (χ1v) is 7.29. The Morgan fingerprint density at radius 1 is 1.52 bits per heavy atom. The van der Waals surface area contributed by atoms with Gasteiger partial charge in [0.25, 0.3) is 11.5 Å². The summed E-state index contributed by atoms with van der Waals surface area (Å²) in [4.78, 5) is 42.1. The molecule has 2 aromatic rings. The second-order valence-corrected chi connectivity index (χ2v) is 5.95. The summed E-state index contributed by atoms with van der Waals surface area (Å²) < 4.78 is 6.53. The summed E-state index contributed by atoms with van der Waals surface area (Å²) in [6, 6.07) is 0. The third kappa shape index (κ3) is 2.44. The molecule has 11 nitrogen and oxygen atoms in total. The molecule has 1 fully saturated rings. The first kappa shape index (κ1) is 17.2. The number of primary amides is 1. The van der Waals surface area contributed by atoms with Crippen molar-refractivity contribution in [2.24, 2.45) is 5.73 Å². The summed E-state index contributed by atoms with van der Waals surface area (Å²) >= 11 is 0. The van der Waals surface area contributed by atoms with Gasteiger partial charge in [0.15, 0.2) is 11.9 Å². The molecule has 0 saturated carbocycles. The maximum atomic E-state index is 12.3. The van der Waals surface area contributed by atoms with Gasteiger partial charge in [-0.25, -0.2) is 4.98 Å². The molecule has 1 amide bonds. The van der Waals surface area contributed by atoms with Crippen molar-refractivity contribution in [3.63, 3.8) is 0 Å². The number of rotatable bonds is 3. The number of nitrogens with one attached hydrogen (secondary N) is 1. The highest BCUT2D eigenvalue weighted by Crippen LogP contribution is 2.38. The van der Waals surface area contributed by atoms with Crippen molar-refractivity contribution in [3.05, 3.63) is 38.7 Å². The van der Waals surface area contributed by atoms with Crippen LogP contribution >= 0.6 is 0 Å². The Morgan fingerprint density at radius 3 is 2.76 bits per heavy atom. The smallest absolute Gasteiger partial charge is 0.264 e. The lowest BCUT2D eigenvalue weighted by Crippen LogP contribution is -2.44. The SMILES string of the molecule is C[C@]1(O)C(n2cc(C(N)=O)c(=O)c3c(=O)[nH]cnc32)OC(CO)[C@H]1O. The Morgan fingerprint density at radius 2 is 2.20 bits per heavy atom. The number of amides is 1. The summed E-state index contributed by atoms with van der Waals surface area (Å²) in [6.45, 7) is 0.668. The Labute approximate surface area is 139 Å². The van der Waals surface area contributed by atoms with Gasteiger partial charge in [-0.2, -0.15) is 0 Å². The molecule has 2 unspecified atom stereocenters. The van der Waals surface area contributed by atoms with Gasteiger partial charge in [-0.3, -0.25) is 14.4 Å². The van der Waals surface area contributed by atoms with Crippen LogP contribution in [0.5, 0.6) is 0 Å². The summed E-state index contributed by atoms with van der Waals surface area (Å²) in [5.41, 5.74) is 0.893. The van der Waals surface area contributed by atoms with E-state index in [0.717, 1.165) is 17.1 Å². The van der Waals surface area contributed by atoms with Crippen LogP contribution in [0, 0.1) is 0 Å². The van der Waals surface area contributed by atoms with E-state index in [1.54, 1.807) is 0 Å². The molecule has 0 spiro atoms. The molecule has 134 valence electrons. The molecule has 11 heteroatoms. The monoisotopic (exact) mass is 352 g/mol. The Kier molecular flexibility index (Phi) is 3.95. The molecular formula is C14H16N4O7. The summed E-state index contributed by atoms with van der Waals surface area (Å²) in [5.74, 6) is -1.08. The second kappa shape index (κ2) is 5.74. The highest BCUT2D eigenvalue weighted by molar-refractivity contribution is 5.95. The summed E-state index contributed by atoms with van der Waals surface area (Å²) in [7, 11) is 0. The number of aliphatic hydroxyl groups excluding tert-OH is 2. The van der Waals surface area contributed by atoms with Crippen molar-refractivity contribution >= 4 is 16.9 Å². The van der Waals surface area contributed by atoms with Crippen molar-refractivity contribution in [2.75, 3.05) is 6.61 Å². The molecule has 4 atom stereocenters. The standard InChI is InChI=1S/C14H16N4O7/c1-14(24)9(21)6(3-19)25-13(14)18-2-5(10(15)22)8(20)7-11(18)16-4-17-12(7)23/h2,4,6,9,13,19,21,24H,3H2,1H3,(H2,15,22)(H,16,17,23)/t6?,9-,13?,14-/m1/s1. The van der Waals surface area contributed by atoms with Crippen LogP contribution in [0.15, 0.2) is 22.1 Å². The molecule has 1 aliphatic heterocycles. The van der Waals surface area contributed by atoms with Crippen LogP contribution in [0.4, 0.5) is 0 Å². The van der Waals surface area contributed by atoms with Gasteiger partial charge in [0.2, 0.25) is 5.43 Å². The fourth-order valence-corrected chi connectivity index (χ4v) is 2.93. The molecule has 1 saturated heterocycles. The number of nitrogens with two attached hydrogens (primary N) is 1. The zero-order chi connectivity index (χ0) is 18.5. The number of nitrogens with zero attached hydrogens (tertiary/aromatic N) is 2. The Bertz CT molecular complexity index is 964. The number of carbonyl (C=O) groups is 1. The largest absolute Gasteiger partial charge is 0.394 e. The van der Waals surface area contributed by atoms with Crippen LogP contribution in [-0.4, -0.2) is 60.2 Å². The predicted octanol–water partition coefficient (Wildman–Crippen LogP) is -2.81. The van der Waals surface area contributed by atoms with Gasteiger partial charge in [-0.15, -0.1) is 0 Å². The highest BCUT2D eigenvalue weighted by Gasteiger charge is 2.53. The minimum atomic E-state index is -1.91. The van der Waals surface area contributed by atoms with Gasteiger partial charge in [0.05, 0.1) is 12.9 Å². The van der Waals surface area contributed by atoms with Crippen molar-refractivity contribution < 1.29 is 24.9 Å². The molecule has 2 aromatic heterocycles. The molecule has 0 radical (unpaired) electrons. The van der Waals surface area contributed by atoms with Gasteiger partial charge in [-0.1, -0.05) is 0 Å². The number of ether oxygens (including phenoxy) is 1. The number of hydrogen-bond acceptors (Lipinski definition) is 8. The first-order chi connectivity index (χ1) is 11.7. The molecule has 3 heterocycles. The lowest BCUT2D eigenvalue weighted by Gasteiger charge is -2.29. The minimum absolute atomic E-state index is 0.171. The quantitative estimate of drug-likeness (QED) is 0.392. The molecule has 25 heavy (non-hydrogen) atoms. The van der Waals surface area contributed by atoms with E-state index >= 15 is 0 Å². The van der Waals surface area contributed by atoms with Gasteiger partial charge < -0.3 is 35.3 Å². The normalized spacial score (nSPS) is 29.2. The van der Waals surface area contributed by atoms with E-state index in [1.165, 1.54) is 6.92 Å². The number of fused-ring (bicyclic) bond motifs is 1. The maximum absolute atomic E-state index is 12.3. The van der Waals surface area contributed by atoms with E-state index in [4.69, 9.17) is 10.5 Å². The third-order valence-electron chi connectivity index (χ3n) is 4.27. The van der Waals surface area contributed by atoms with Crippen LogP contribution in [-0.2, 0) is 4.74 Å². The topological polar surface area (TPSA) is 181 Å². The molecular weight excluding hydrogens is 336 g/mol. The van der Waals surface area contributed by atoms with Gasteiger partial charge in [0, 0.05) is 6.20 Å². The zero-order valence-corrected chi connectivity index (χ0v) is 13.0. The first-order valence-electron chi connectivity index (χ1n) is 7.29. The number of pyridine rings is 1. The van der Waals surface area contributed by atoms with Crippen LogP contribution in [0.3, 0.4) is 0 Å². The predicted molar refractivity (Wildman–Crippen MR) is 82.8 cm³/mol. The van der Waals surface area contributed by atoms with E-state index in [9.17, 15) is 29.7 Å². The van der Waals surface area contributed by atoms with E-state index in [1.807, 2.05) is 0 Å². The number of aromatic amines is 1. The van der Waals surface area contributed by atoms with Gasteiger partial charge >= 0.3 is 0 Å². The lowest BCUT2D eigenvalue weighted by molar-refractivity contribution is -0.0951. The van der Waals surface area contributed by atoms with E-state index in [-0.39, 0.29) is 5.65 Å². The van der Waals surface area contributed by atoms with Crippen LogP contribution in [0.1, 0.15) is 23.5 Å². The zero-order valence-electron chi connectivity index (χ0n) is 13.0. The molecule has 0 bridgehead atoms. The van der Waals surface area contributed by atoms with Crippen molar-refractivity contribution in [1.82, 2.24) is 14.5 Å². The van der Waals surface area contributed by atoms with Crippen molar-refractivity contribution in [2.45, 2.75) is 31.0 Å². The summed E-state index contributed by atoms with van der Waals surface area (Å²) in [6.07, 6.45) is -1.88. The van der Waals surface area contributed by atoms with Crippen molar-refractivity contribution in [3.8, 4) is 0 Å². The van der Waals surface area contributed by atoms with Crippen LogP contribution in [0.25, 0.3) is 11.0 Å². The second-order valence-electron chi connectivity index (χ2n) is 5.95. The maximum Gasteiger partial charge on any atom is 0.264 e. The van der Waals surface area contributed by atoms with Gasteiger partial charge in [-0.05, 0) is 6.92 Å². The fraction of sp³-hybridized carbons (Fsp3) is 0.429.